The van der Waals surface area contributed by atoms with Crippen molar-refractivity contribution in [1.82, 2.24) is 4.90 Å². The molecule has 26 heavy (non-hydrogen) atoms. The second-order valence-electron chi connectivity index (χ2n) is 7.62. The average Bonchev–Trinajstić information content (AvgIpc) is 2.98. The second kappa shape index (κ2) is 6.17. The molecule has 0 bridgehead atoms. The molecule has 1 spiro atoms. The highest BCUT2D eigenvalue weighted by Gasteiger charge is 2.49. The monoisotopic (exact) mass is 378 g/mol. The lowest BCUT2D eigenvalue weighted by Gasteiger charge is -2.38. The summed E-state index contributed by atoms with van der Waals surface area (Å²) in [6, 6.07) is 3.99. The molecule has 0 radical (unpaired) electrons. The molecule has 3 rings (SSSR count). The molecule has 1 aliphatic heterocycles. The molecule has 1 aromatic rings. The quantitative estimate of drug-likeness (QED) is 0.696. The number of carbonyl (C=O) groups excluding carboxylic acids is 2. The zero-order chi connectivity index (χ0) is 19.3. The first-order chi connectivity index (χ1) is 12.1. The molecule has 1 amide bonds. The number of likely N-dealkylation sites (tertiary alicyclic amines) is 1. The Labute approximate surface area is 155 Å². The minimum absolute atomic E-state index is 0.103. The highest BCUT2D eigenvalue weighted by atomic mass is 35.5. The van der Waals surface area contributed by atoms with Crippen LogP contribution >= 0.6 is 11.6 Å². The molecule has 136 valence electrons. The molecule has 7 heteroatoms. The van der Waals surface area contributed by atoms with Gasteiger partial charge in [0, 0.05) is 23.9 Å². The van der Waals surface area contributed by atoms with Crippen LogP contribution in [0.4, 0.5) is 8.78 Å². The summed E-state index contributed by atoms with van der Waals surface area (Å²) < 4.78 is 27.5. The van der Waals surface area contributed by atoms with E-state index in [1.54, 1.807) is 19.9 Å². The number of hydrogen-bond acceptors (Lipinski definition) is 3. The van der Waals surface area contributed by atoms with Crippen LogP contribution in [0.3, 0.4) is 0 Å². The molecular formula is C19H17ClF2N2O2. The molecule has 1 fully saturated rings. The fourth-order valence-corrected chi connectivity index (χ4v) is 4.19. The number of nitrogens with zero attached hydrogens (tertiary/aromatic N) is 2. The lowest BCUT2D eigenvalue weighted by molar-refractivity contribution is -0.125. The van der Waals surface area contributed by atoms with E-state index in [1.165, 1.54) is 4.90 Å². The number of benzene rings is 1. The van der Waals surface area contributed by atoms with Crippen molar-refractivity contribution in [2.45, 2.75) is 26.7 Å². The maximum atomic E-state index is 14.2. The van der Waals surface area contributed by atoms with Crippen LogP contribution in [0.5, 0.6) is 0 Å². The molecule has 0 saturated carbocycles. The normalized spacial score (nSPS) is 24.5. The molecule has 1 atom stereocenters. The summed E-state index contributed by atoms with van der Waals surface area (Å²) in [4.78, 5) is 26.4. The van der Waals surface area contributed by atoms with E-state index in [0.29, 0.717) is 19.4 Å². The van der Waals surface area contributed by atoms with Crippen LogP contribution in [0.2, 0.25) is 5.02 Å². The third-order valence-corrected chi connectivity index (χ3v) is 5.51. The van der Waals surface area contributed by atoms with Gasteiger partial charge in [0.25, 0.3) is 5.91 Å². The van der Waals surface area contributed by atoms with Gasteiger partial charge in [0.15, 0.2) is 11.6 Å². The van der Waals surface area contributed by atoms with Gasteiger partial charge in [-0.2, -0.15) is 5.26 Å². The zero-order valence-corrected chi connectivity index (χ0v) is 15.2. The Hall–Kier alpha value is -2.26. The summed E-state index contributed by atoms with van der Waals surface area (Å²) in [5, 5.41) is 8.56. The molecule has 1 aliphatic carbocycles. The molecule has 4 nitrogen and oxygen atoms in total. The Morgan fingerprint density at radius 1 is 1.35 bits per heavy atom. The van der Waals surface area contributed by atoms with Crippen LogP contribution in [0.1, 0.15) is 37.0 Å². The molecular weight excluding hydrogens is 362 g/mol. The van der Waals surface area contributed by atoms with Crippen molar-refractivity contribution in [2.75, 3.05) is 13.1 Å². The first kappa shape index (κ1) is 18.5. The maximum absolute atomic E-state index is 14.2. The fourth-order valence-electron chi connectivity index (χ4n) is 4.02. The summed E-state index contributed by atoms with van der Waals surface area (Å²) in [7, 11) is 0. The summed E-state index contributed by atoms with van der Waals surface area (Å²) in [6.07, 6.45) is 2.72. The third-order valence-electron chi connectivity index (χ3n) is 5.16. The number of rotatable bonds is 1. The molecule has 1 aromatic carbocycles. The molecule has 1 heterocycles. The van der Waals surface area contributed by atoms with E-state index in [4.69, 9.17) is 11.6 Å². The fraction of sp³-hybridized carbons (Fsp3) is 0.421. The Balaban J connectivity index is 1.90. The molecule has 0 N–H and O–H groups in total. The van der Waals surface area contributed by atoms with Crippen molar-refractivity contribution in [3.63, 3.8) is 0 Å². The van der Waals surface area contributed by atoms with Gasteiger partial charge in [0.05, 0.1) is 11.1 Å². The van der Waals surface area contributed by atoms with E-state index in [0.717, 1.165) is 12.1 Å². The Kier molecular flexibility index (Phi) is 4.40. The zero-order valence-electron chi connectivity index (χ0n) is 14.4. The van der Waals surface area contributed by atoms with Gasteiger partial charge in [-0.25, -0.2) is 8.78 Å². The molecule has 1 saturated heterocycles. The minimum Gasteiger partial charge on any atom is -0.338 e. The van der Waals surface area contributed by atoms with Gasteiger partial charge >= 0.3 is 0 Å². The van der Waals surface area contributed by atoms with Crippen LogP contribution in [0, 0.1) is 33.8 Å². The largest absolute Gasteiger partial charge is 0.338 e. The summed E-state index contributed by atoms with van der Waals surface area (Å²) in [6.45, 7) is 4.19. The van der Waals surface area contributed by atoms with Crippen molar-refractivity contribution in [1.29, 1.82) is 5.26 Å². The number of Topliss-reactive ketones (excluding diaryl/α,β-unsaturated/α-hetero) is 1. The Morgan fingerprint density at radius 2 is 2.04 bits per heavy atom. The predicted octanol–water partition coefficient (Wildman–Crippen LogP) is 3.90. The van der Waals surface area contributed by atoms with Crippen LogP contribution in [0.15, 0.2) is 23.8 Å². The number of allylic oxidation sites excluding steroid dienone is 1. The van der Waals surface area contributed by atoms with Gasteiger partial charge in [0.1, 0.15) is 16.9 Å². The second-order valence-corrected chi connectivity index (χ2v) is 8.00. The van der Waals surface area contributed by atoms with E-state index in [2.05, 4.69) is 0 Å². The number of nitriles is 1. The highest BCUT2D eigenvalue weighted by molar-refractivity contribution is 6.31. The van der Waals surface area contributed by atoms with E-state index >= 15 is 0 Å². The standard InChI is InChI=1S/C19H17ClF2N2O2/c1-18(2)9-19(7-11(8-23)16(18)25)5-6-24(10-19)17(26)12-3-4-13(21)14(20)15(12)22/h3-4,7H,5-6,9-10H2,1-2H3. The van der Waals surface area contributed by atoms with Crippen LogP contribution in [-0.2, 0) is 4.79 Å². The summed E-state index contributed by atoms with van der Waals surface area (Å²) >= 11 is 5.56. The first-order valence-electron chi connectivity index (χ1n) is 8.21. The number of amides is 1. The lowest BCUT2D eigenvalue weighted by Crippen LogP contribution is -2.40. The van der Waals surface area contributed by atoms with Crippen LogP contribution in [0.25, 0.3) is 0 Å². The van der Waals surface area contributed by atoms with Crippen molar-refractivity contribution in [2.24, 2.45) is 10.8 Å². The van der Waals surface area contributed by atoms with E-state index in [9.17, 15) is 23.6 Å². The van der Waals surface area contributed by atoms with Gasteiger partial charge in [-0.1, -0.05) is 31.5 Å². The van der Waals surface area contributed by atoms with Crippen LogP contribution < -0.4 is 0 Å². The smallest absolute Gasteiger partial charge is 0.256 e. The van der Waals surface area contributed by atoms with Gasteiger partial charge in [-0.05, 0) is 25.0 Å². The molecule has 2 aliphatic rings. The van der Waals surface area contributed by atoms with Gasteiger partial charge in [-0.3, -0.25) is 9.59 Å². The van der Waals surface area contributed by atoms with Crippen LogP contribution in [-0.4, -0.2) is 29.7 Å². The molecule has 0 aromatic heterocycles. The van der Waals surface area contributed by atoms with E-state index in [1.807, 2.05) is 6.07 Å². The van der Waals surface area contributed by atoms with E-state index in [-0.39, 0.29) is 23.5 Å². The molecule has 1 unspecified atom stereocenters. The van der Waals surface area contributed by atoms with Crippen molar-refractivity contribution in [3.8, 4) is 6.07 Å². The first-order valence-corrected chi connectivity index (χ1v) is 8.59. The Morgan fingerprint density at radius 3 is 2.69 bits per heavy atom. The number of carbonyl (C=O) groups is 2. The van der Waals surface area contributed by atoms with Gasteiger partial charge in [0.2, 0.25) is 0 Å². The maximum Gasteiger partial charge on any atom is 0.256 e. The van der Waals surface area contributed by atoms with Crippen molar-refractivity contribution in [3.05, 3.63) is 46.0 Å². The topological polar surface area (TPSA) is 61.2 Å². The summed E-state index contributed by atoms with van der Waals surface area (Å²) in [5.41, 5.74) is -1.39. The van der Waals surface area contributed by atoms with Gasteiger partial charge < -0.3 is 4.90 Å². The lowest BCUT2D eigenvalue weighted by atomic mass is 9.64. The number of hydrogen-bond donors (Lipinski definition) is 0. The van der Waals surface area contributed by atoms with Crippen molar-refractivity contribution >= 4 is 23.3 Å². The third kappa shape index (κ3) is 2.90. The Bertz CT molecular complexity index is 888. The van der Waals surface area contributed by atoms with Crippen molar-refractivity contribution < 1.29 is 18.4 Å². The summed E-state index contributed by atoms with van der Waals surface area (Å²) in [5.74, 6) is -2.78. The SMILES string of the molecule is CC1(C)CC2(C=C(C#N)C1=O)CCN(C(=O)c1ccc(F)c(Cl)c1F)C2. The minimum atomic E-state index is -1.08. The predicted molar refractivity (Wildman–Crippen MR) is 91.4 cm³/mol. The van der Waals surface area contributed by atoms with E-state index < -0.39 is 33.4 Å². The van der Waals surface area contributed by atoms with Gasteiger partial charge in [-0.15, -0.1) is 0 Å². The average molecular weight is 379 g/mol. The number of halogens is 3. The highest BCUT2D eigenvalue weighted by Crippen LogP contribution is 2.48. The number of ketones is 1.